The van der Waals surface area contributed by atoms with Crippen LogP contribution >= 0.6 is 0 Å². The van der Waals surface area contributed by atoms with Gasteiger partial charge in [-0.2, -0.15) is 0 Å². The van der Waals surface area contributed by atoms with Crippen molar-refractivity contribution in [1.29, 1.82) is 0 Å². The van der Waals surface area contributed by atoms with Crippen LogP contribution in [-0.2, 0) is 6.61 Å². The summed E-state index contributed by atoms with van der Waals surface area (Å²) in [5.74, 6) is -0.290. The van der Waals surface area contributed by atoms with Gasteiger partial charge in [-0.1, -0.05) is 0 Å². The van der Waals surface area contributed by atoms with E-state index in [2.05, 4.69) is 4.98 Å². The lowest BCUT2D eigenvalue weighted by Crippen LogP contribution is -2.10. The first-order chi connectivity index (χ1) is 6.70. The highest BCUT2D eigenvalue weighted by atomic mass is 16.4. The predicted octanol–water partition coefficient (Wildman–Crippen LogP) is 0.419. The molecule has 1 heterocycles. The second kappa shape index (κ2) is 3.12. The van der Waals surface area contributed by atoms with Gasteiger partial charge in [-0.25, -0.2) is 4.98 Å². The zero-order valence-electron chi connectivity index (χ0n) is 7.23. The summed E-state index contributed by atoms with van der Waals surface area (Å²) in [7, 11) is 0. The van der Waals surface area contributed by atoms with Gasteiger partial charge in [-0.05, 0) is 18.2 Å². The highest BCUT2D eigenvalue weighted by Gasteiger charge is 2.07. The zero-order valence-corrected chi connectivity index (χ0v) is 7.23. The van der Waals surface area contributed by atoms with E-state index in [1.165, 1.54) is 6.07 Å². The lowest BCUT2D eigenvalue weighted by Gasteiger charge is -1.92. The van der Waals surface area contributed by atoms with Gasteiger partial charge in [-0.15, -0.1) is 0 Å². The van der Waals surface area contributed by atoms with Gasteiger partial charge < -0.3 is 15.3 Å². The Hall–Kier alpha value is -1.88. The number of hydrogen-bond acceptors (Lipinski definition) is 4. The van der Waals surface area contributed by atoms with Gasteiger partial charge in [0.1, 0.15) is 12.1 Å². The van der Waals surface area contributed by atoms with E-state index in [-0.39, 0.29) is 12.5 Å². The average molecular weight is 192 g/mol. The van der Waals surface area contributed by atoms with Crippen LogP contribution in [0.15, 0.2) is 22.6 Å². The standard InChI is InChI=1S/C9H8N2O3/c10-9(13)5-1-2-7-6(3-5)11-8(4-12)14-7/h1-3,12H,4H2,(H2,10,13). The number of fused-ring (bicyclic) bond motifs is 1. The third-order valence-corrected chi connectivity index (χ3v) is 1.85. The molecule has 0 aliphatic carbocycles. The Morgan fingerprint density at radius 3 is 3.00 bits per heavy atom. The molecule has 14 heavy (non-hydrogen) atoms. The molecule has 0 aliphatic heterocycles. The second-order valence-corrected chi connectivity index (χ2v) is 2.81. The van der Waals surface area contributed by atoms with Crippen molar-refractivity contribution >= 4 is 17.0 Å². The number of aliphatic hydroxyl groups is 1. The molecule has 1 amide bonds. The SMILES string of the molecule is NC(=O)c1ccc2oc(CO)nc2c1. The summed E-state index contributed by atoms with van der Waals surface area (Å²) < 4.78 is 5.14. The van der Waals surface area contributed by atoms with Gasteiger partial charge in [0.2, 0.25) is 11.8 Å². The average Bonchev–Trinajstić information content (AvgIpc) is 2.58. The zero-order chi connectivity index (χ0) is 10.1. The summed E-state index contributed by atoms with van der Waals surface area (Å²) in [6.07, 6.45) is 0. The molecule has 0 bridgehead atoms. The quantitative estimate of drug-likeness (QED) is 0.721. The van der Waals surface area contributed by atoms with Crippen LogP contribution in [0.1, 0.15) is 16.2 Å². The minimum Gasteiger partial charge on any atom is -0.438 e. The number of rotatable bonds is 2. The lowest BCUT2D eigenvalue weighted by atomic mass is 10.2. The molecule has 0 saturated carbocycles. The molecule has 0 unspecified atom stereocenters. The van der Waals surface area contributed by atoms with Gasteiger partial charge in [-0.3, -0.25) is 4.79 Å². The van der Waals surface area contributed by atoms with Gasteiger partial charge in [0.05, 0.1) is 0 Å². The molecule has 0 aliphatic rings. The summed E-state index contributed by atoms with van der Waals surface area (Å²) in [6, 6.07) is 4.68. The Morgan fingerprint density at radius 1 is 1.57 bits per heavy atom. The molecule has 5 nitrogen and oxygen atoms in total. The molecule has 2 aromatic rings. The van der Waals surface area contributed by atoms with E-state index in [0.717, 1.165) is 0 Å². The van der Waals surface area contributed by atoms with Crippen LogP contribution in [0.2, 0.25) is 0 Å². The van der Waals surface area contributed by atoms with E-state index in [9.17, 15) is 4.79 Å². The summed E-state index contributed by atoms with van der Waals surface area (Å²) >= 11 is 0. The normalized spacial score (nSPS) is 10.6. The number of nitrogens with zero attached hydrogens (tertiary/aromatic N) is 1. The molecule has 0 atom stereocenters. The Balaban J connectivity index is 2.59. The van der Waals surface area contributed by atoms with Crippen LogP contribution in [0.25, 0.3) is 11.1 Å². The van der Waals surface area contributed by atoms with Crippen LogP contribution in [0.4, 0.5) is 0 Å². The largest absolute Gasteiger partial charge is 0.438 e. The van der Waals surface area contributed by atoms with Gasteiger partial charge in [0, 0.05) is 5.56 Å². The topological polar surface area (TPSA) is 89.4 Å². The number of aliphatic hydroxyl groups excluding tert-OH is 1. The summed E-state index contributed by atoms with van der Waals surface area (Å²) in [4.78, 5) is 14.8. The Labute approximate surface area is 79.2 Å². The molecular weight excluding hydrogens is 184 g/mol. The Bertz CT molecular complexity index is 490. The number of nitrogens with two attached hydrogens (primary N) is 1. The first-order valence-electron chi connectivity index (χ1n) is 4.01. The second-order valence-electron chi connectivity index (χ2n) is 2.81. The van der Waals surface area contributed by atoms with Crippen LogP contribution in [0, 0.1) is 0 Å². The van der Waals surface area contributed by atoms with E-state index in [1.54, 1.807) is 12.1 Å². The molecular formula is C9H8N2O3. The van der Waals surface area contributed by atoms with Crippen LogP contribution in [-0.4, -0.2) is 16.0 Å². The molecule has 0 spiro atoms. The smallest absolute Gasteiger partial charge is 0.248 e. The number of benzene rings is 1. The van der Waals surface area contributed by atoms with E-state index in [4.69, 9.17) is 15.3 Å². The third kappa shape index (κ3) is 1.33. The number of amides is 1. The minimum absolute atomic E-state index is 0.224. The van der Waals surface area contributed by atoms with Crippen molar-refractivity contribution in [3.63, 3.8) is 0 Å². The van der Waals surface area contributed by atoms with Crippen molar-refractivity contribution < 1.29 is 14.3 Å². The summed E-state index contributed by atoms with van der Waals surface area (Å²) in [6.45, 7) is -0.263. The fourth-order valence-corrected chi connectivity index (χ4v) is 1.20. The van der Waals surface area contributed by atoms with Gasteiger partial charge >= 0.3 is 0 Å². The maximum Gasteiger partial charge on any atom is 0.248 e. The van der Waals surface area contributed by atoms with Crippen molar-refractivity contribution in [1.82, 2.24) is 4.98 Å². The summed E-state index contributed by atoms with van der Waals surface area (Å²) in [5, 5.41) is 8.77. The first kappa shape index (κ1) is 8.71. The molecule has 72 valence electrons. The van der Waals surface area contributed by atoms with Crippen LogP contribution in [0.5, 0.6) is 0 Å². The van der Waals surface area contributed by atoms with Crippen LogP contribution < -0.4 is 5.73 Å². The number of carbonyl (C=O) groups is 1. The summed E-state index contributed by atoms with van der Waals surface area (Å²) in [5.41, 5.74) is 6.51. The monoisotopic (exact) mass is 192 g/mol. The van der Waals surface area contributed by atoms with Crippen molar-refractivity contribution in [2.24, 2.45) is 5.73 Å². The highest BCUT2D eigenvalue weighted by molar-refractivity contribution is 5.95. The van der Waals surface area contributed by atoms with E-state index in [0.29, 0.717) is 16.7 Å². The number of oxazole rings is 1. The number of aromatic nitrogens is 1. The first-order valence-corrected chi connectivity index (χ1v) is 4.01. The van der Waals surface area contributed by atoms with Gasteiger partial charge in [0.25, 0.3) is 0 Å². The van der Waals surface area contributed by atoms with Crippen molar-refractivity contribution in [2.75, 3.05) is 0 Å². The molecule has 0 fully saturated rings. The number of primary amides is 1. The maximum absolute atomic E-state index is 10.8. The molecule has 3 N–H and O–H groups in total. The molecule has 2 rings (SSSR count). The number of carbonyl (C=O) groups excluding carboxylic acids is 1. The van der Waals surface area contributed by atoms with E-state index in [1.807, 2.05) is 0 Å². The van der Waals surface area contributed by atoms with E-state index < -0.39 is 5.91 Å². The lowest BCUT2D eigenvalue weighted by molar-refractivity contribution is 0.100. The fraction of sp³-hybridized carbons (Fsp3) is 0.111. The Kier molecular flexibility index (Phi) is 1.94. The highest BCUT2D eigenvalue weighted by Crippen LogP contribution is 2.16. The van der Waals surface area contributed by atoms with Gasteiger partial charge in [0.15, 0.2) is 5.58 Å². The minimum atomic E-state index is -0.513. The van der Waals surface area contributed by atoms with Crippen molar-refractivity contribution in [3.8, 4) is 0 Å². The maximum atomic E-state index is 10.8. The molecule has 1 aromatic heterocycles. The Morgan fingerprint density at radius 2 is 2.36 bits per heavy atom. The number of hydrogen-bond donors (Lipinski definition) is 2. The molecule has 0 radical (unpaired) electrons. The predicted molar refractivity (Wildman–Crippen MR) is 48.4 cm³/mol. The van der Waals surface area contributed by atoms with Crippen molar-refractivity contribution in [3.05, 3.63) is 29.7 Å². The van der Waals surface area contributed by atoms with Crippen molar-refractivity contribution in [2.45, 2.75) is 6.61 Å². The fourth-order valence-electron chi connectivity index (χ4n) is 1.20. The molecule has 1 aromatic carbocycles. The third-order valence-electron chi connectivity index (χ3n) is 1.85. The van der Waals surface area contributed by atoms with E-state index >= 15 is 0 Å². The molecule has 0 saturated heterocycles. The molecule has 5 heteroatoms. The van der Waals surface area contributed by atoms with Crippen LogP contribution in [0.3, 0.4) is 0 Å².